The van der Waals surface area contributed by atoms with Gasteiger partial charge in [-0.25, -0.2) is 4.79 Å². The van der Waals surface area contributed by atoms with Crippen LogP contribution in [0.25, 0.3) is 10.1 Å². The molecule has 1 unspecified atom stereocenters. The summed E-state index contributed by atoms with van der Waals surface area (Å²) in [5.41, 5.74) is 0.616. The summed E-state index contributed by atoms with van der Waals surface area (Å²) in [5.74, 6) is 0.0461. The van der Waals surface area contributed by atoms with Gasteiger partial charge in [-0.05, 0) is 13.0 Å². The summed E-state index contributed by atoms with van der Waals surface area (Å²) in [6.45, 7) is 1.76. The Morgan fingerprint density at radius 1 is 1.47 bits per heavy atom. The molecule has 1 aliphatic heterocycles. The van der Waals surface area contributed by atoms with E-state index < -0.39 is 12.1 Å². The first kappa shape index (κ1) is 12.3. The highest BCUT2D eigenvalue weighted by Gasteiger charge is 2.35. The Labute approximate surface area is 113 Å². The number of methoxy groups -OCH3 is 1. The third-order valence-corrected chi connectivity index (χ3v) is 4.33. The van der Waals surface area contributed by atoms with Gasteiger partial charge in [-0.15, -0.1) is 11.3 Å². The second-order valence-electron chi connectivity index (χ2n) is 4.42. The number of ether oxygens (including phenoxy) is 2. The minimum absolute atomic E-state index is 0.234. The molecule has 3 rings (SSSR count). The lowest BCUT2D eigenvalue weighted by Crippen LogP contribution is -2.12. The van der Waals surface area contributed by atoms with Crippen LogP contribution in [0.4, 0.5) is 0 Å². The molecule has 1 aromatic carbocycles. The quantitative estimate of drug-likeness (QED) is 0.883. The number of aliphatic hydroxyl groups is 1. The Kier molecular flexibility index (Phi) is 2.65. The molecule has 2 N–H and O–H groups in total. The van der Waals surface area contributed by atoms with Crippen molar-refractivity contribution in [3.05, 3.63) is 22.6 Å². The minimum atomic E-state index is -0.977. The summed E-state index contributed by atoms with van der Waals surface area (Å²) in [6.07, 6.45) is -1.15. The summed E-state index contributed by atoms with van der Waals surface area (Å²) < 4.78 is 11.6. The van der Waals surface area contributed by atoms with Gasteiger partial charge in [0.15, 0.2) is 11.5 Å². The van der Waals surface area contributed by atoms with Gasteiger partial charge in [0.05, 0.1) is 7.11 Å². The smallest absolute Gasteiger partial charge is 0.345 e. The van der Waals surface area contributed by atoms with Gasteiger partial charge in [0.25, 0.3) is 0 Å². The number of carbonyl (C=O) groups is 1. The molecule has 0 spiro atoms. The maximum atomic E-state index is 11.1. The normalized spacial score (nSPS) is 21.2. The van der Waals surface area contributed by atoms with Crippen molar-refractivity contribution in [2.45, 2.75) is 19.1 Å². The standard InChI is InChI=1S/C13H12O5S/c1-5-11(14)10-6-3-9(13(15)16)19-8(6)4-7(17-2)12(10)18-5/h3-5,11,14H,1-2H3,(H,15,16)/t5?,11-/m0/s1. The van der Waals surface area contributed by atoms with Gasteiger partial charge in [-0.2, -0.15) is 0 Å². The molecular weight excluding hydrogens is 268 g/mol. The van der Waals surface area contributed by atoms with Crippen LogP contribution in [-0.4, -0.2) is 29.4 Å². The number of fused-ring (bicyclic) bond motifs is 3. The molecule has 0 fully saturated rings. The van der Waals surface area contributed by atoms with Crippen LogP contribution in [0.5, 0.6) is 11.5 Å². The molecule has 0 radical (unpaired) electrons. The van der Waals surface area contributed by atoms with Crippen molar-refractivity contribution in [2.24, 2.45) is 0 Å². The SMILES string of the molecule is COc1cc2sc(C(=O)O)cc2c2c1OC(C)[C@@H]2O. The molecule has 100 valence electrons. The number of thiophene rings is 1. The van der Waals surface area contributed by atoms with E-state index in [-0.39, 0.29) is 11.0 Å². The second kappa shape index (κ2) is 4.11. The van der Waals surface area contributed by atoms with Crippen LogP contribution in [-0.2, 0) is 0 Å². The first-order valence-corrected chi connectivity index (χ1v) is 6.57. The van der Waals surface area contributed by atoms with Crippen LogP contribution in [0.2, 0.25) is 0 Å². The molecule has 1 aliphatic rings. The molecule has 1 aromatic heterocycles. The summed E-state index contributed by atoms with van der Waals surface area (Å²) >= 11 is 1.16. The van der Waals surface area contributed by atoms with Gasteiger partial charge in [-0.3, -0.25) is 0 Å². The summed E-state index contributed by atoms with van der Waals surface area (Å²) in [6, 6.07) is 3.32. The number of carboxylic acids is 1. The molecule has 5 nitrogen and oxygen atoms in total. The average Bonchev–Trinajstić information content (AvgIpc) is 2.91. The molecule has 2 heterocycles. The largest absolute Gasteiger partial charge is 0.493 e. The molecule has 0 aliphatic carbocycles. The summed E-state index contributed by atoms with van der Waals surface area (Å²) in [5, 5.41) is 20.0. The van der Waals surface area contributed by atoms with E-state index in [0.717, 1.165) is 21.4 Å². The maximum absolute atomic E-state index is 11.1. The van der Waals surface area contributed by atoms with Crippen LogP contribution in [0, 0.1) is 0 Å². The van der Waals surface area contributed by atoms with E-state index in [4.69, 9.17) is 14.6 Å². The average molecular weight is 280 g/mol. The van der Waals surface area contributed by atoms with Crippen LogP contribution >= 0.6 is 11.3 Å². The van der Waals surface area contributed by atoms with Gasteiger partial charge < -0.3 is 19.7 Å². The molecule has 0 bridgehead atoms. The lowest BCUT2D eigenvalue weighted by Gasteiger charge is -2.07. The highest BCUT2D eigenvalue weighted by Crippen LogP contribution is 2.49. The zero-order valence-corrected chi connectivity index (χ0v) is 11.2. The number of aliphatic hydroxyl groups excluding tert-OH is 1. The topological polar surface area (TPSA) is 76.0 Å². The van der Waals surface area contributed by atoms with Crippen molar-refractivity contribution >= 4 is 27.4 Å². The van der Waals surface area contributed by atoms with Gasteiger partial charge >= 0.3 is 5.97 Å². The van der Waals surface area contributed by atoms with E-state index in [1.54, 1.807) is 19.1 Å². The highest BCUT2D eigenvalue weighted by atomic mass is 32.1. The Morgan fingerprint density at radius 2 is 2.21 bits per heavy atom. The van der Waals surface area contributed by atoms with Crippen molar-refractivity contribution in [2.75, 3.05) is 7.11 Å². The number of benzene rings is 1. The fourth-order valence-electron chi connectivity index (χ4n) is 2.32. The zero-order valence-electron chi connectivity index (χ0n) is 10.3. The first-order valence-electron chi connectivity index (χ1n) is 5.75. The molecular formula is C13H12O5S. The van der Waals surface area contributed by atoms with Gasteiger partial charge in [-0.1, -0.05) is 0 Å². The van der Waals surface area contributed by atoms with E-state index in [1.807, 2.05) is 0 Å². The second-order valence-corrected chi connectivity index (χ2v) is 5.50. The van der Waals surface area contributed by atoms with Crippen LogP contribution < -0.4 is 9.47 Å². The van der Waals surface area contributed by atoms with Gasteiger partial charge in [0.2, 0.25) is 0 Å². The van der Waals surface area contributed by atoms with Crippen LogP contribution in [0.1, 0.15) is 28.3 Å². The Hall–Kier alpha value is -1.79. The fourth-order valence-corrected chi connectivity index (χ4v) is 3.27. The Bertz CT molecular complexity index is 675. The number of aromatic carboxylic acids is 1. The number of rotatable bonds is 2. The lowest BCUT2D eigenvalue weighted by molar-refractivity contribution is 0.0702. The molecule has 0 saturated carbocycles. The molecule has 2 atom stereocenters. The van der Waals surface area contributed by atoms with Gasteiger partial charge in [0.1, 0.15) is 17.1 Å². The molecule has 2 aromatic rings. The van der Waals surface area contributed by atoms with Gasteiger partial charge in [0, 0.05) is 21.7 Å². The summed E-state index contributed by atoms with van der Waals surface area (Å²) in [7, 11) is 1.52. The Morgan fingerprint density at radius 3 is 2.84 bits per heavy atom. The van der Waals surface area contributed by atoms with Crippen molar-refractivity contribution in [3.8, 4) is 11.5 Å². The van der Waals surface area contributed by atoms with Crippen molar-refractivity contribution in [3.63, 3.8) is 0 Å². The fraction of sp³-hybridized carbons (Fsp3) is 0.308. The number of hydrogen-bond donors (Lipinski definition) is 2. The molecule has 0 saturated heterocycles. The third kappa shape index (κ3) is 1.67. The van der Waals surface area contributed by atoms with Crippen LogP contribution in [0.3, 0.4) is 0 Å². The minimum Gasteiger partial charge on any atom is -0.493 e. The zero-order chi connectivity index (χ0) is 13.7. The maximum Gasteiger partial charge on any atom is 0.345 e. The van der Waals surface area contributed by atoms with E-state index in [2.05, 4.69) is 0 Å². The predicted molar refractivity (Wildman–Crippen MR) is 70.4 cm³/mol. The molecule has 19 heavy (non-hydrogen) atoms. The third-order valence-electron chi connectivity index (χ3n) is 3.26. The van der Waals surface area contributed by atoms with Crippen molar-refractivity contribution in [1.29, 1.82) is 0 Å². The van der Waals surface area contributed by atoms with Crippen molar-refractivity contribution in [1.82, 2.24) is 0 Å². The van der Waals surface area contributed by atoms with E-state index in [9.17, 15) is 9.90 Å². The van der Waals surface area contributed by atoms with Crippen LogP contribution in [0.15, 0.2) is 12.1 Å². The summed E-state index contributed by atoms with van der Waals surface area (Å²) in [4.78, 5) is 11.3. The van der Waals surface area contributed by atoms with E-state index in [0.29, 0.717) is 17.1 Å². The molecule has 6 heteroatoms. The monoisotopic (exact) mass is 280 g/mol. The molecule has 0 amide bonds. The predicted octanol–water partition coefficient (Wildman–Crippen LogP) is 2.42. The van der Waals surface area contributed by atoms with E-state index in [1.165, 1.54) is 7.11 Å². The number of carboxylic acid groups (broad SMARTS) is 1. The Balaban J connectivity index is 2.33. The lowest BCUT2D eigenvalue weighted by atomic mass is 10.0. The number of hydrogen-bond acceptors (Lipinski definition) is 5. The highest BCUT2D eigenvalue weighted by molar-refractivity contribution is 7.20. The van der Waals surface area contributed by atoms with Crippen molar-refractivity contribution < 1.29 is 24.5 Å². The first-order chi connectivity index (χ1) is 9.02. The van der Waals surface area contributed by atoms with E-state index >= 15 is 0 Å².